The predicted molar refractivity (Wildman–Crippen MR) is 93.2 cm³/mol. The number of thioether (sulfide) groups is 1. The Labute approximate surface area is 148 Å². The molecule has 0 aliphatic carbocycles. The maximum atomic E-state index is 11.8. The van der Waals surface area contributed by atoms with E-state index in [2.05, 4.69) is 15.3 Å². The summed E-state index contributed by atoms with van der Waals surface area (Å²) in [7, 11) is 1.39. The summed E-state index contributed by atoms with van der Waals surface area (Å²) in [5, 5.41) is 13.9. The molecule has 0 saturated heterocycles. The summed E-state index contributed by atoms with van der Waals surface area (Å²) in [5.74, 6) is 0.362. The first-order valence-corrected chi connectivity index (χ1v) is 8.61. The van der Waals surface area contributed by atoms with E-state index in [1.165, 1.54) is 18.9 Å². The summed E-state index contributed by atoms with van der Waals surface area (Å²) in [4.78, 5) is 11.8. The van der Waals surface area contributed by atoms with Gasteiger partial charge in [-0.15, -0.1) is 10.2 Å². The van der Waals surface area contributed by atoms with E-state index in [4.69, 9.17) is 16.3 Å². The van der Waals surface area contributed by atoms with E-state index in [-0.39, 0.29) is 11.2 Å². The Morgan fingerprint density at radius 1 is 1.25 bits per heavy atom. The number of esters is 1. The minimum atomic E-state index is -0.296. The number of aromatic nitrogens is 4. The van der Waals surface area contributed by atoms with E-state index in [1.54, 1.807) is 16.6 Å². The molecule has 0 bridgehead atoms. The lowest BCUT2D eigenvalue weighted by Gasteiger charge is -2.11. The molecule has 0 spiro atoms. The zero-order chi connectivity index (χ0) is 17.1. The Balaban J connectivity index is 1.96. The SMILES string of the molecule is CCC(Sc1ccc2nnc(-c3ccc(Cl)cc3)n2n1)C(=O)OC. The third kappa shape index (κ3) is 3.37. The summed E-state index contributed by atoms with van der Waals surface area (Å²) >= 11 is 7.29. The first-order valence-electron chi connectivity index (χ1n) is 7.35. The van der Waals surface area contributed by atoms with Crippen molar-refractivity contribution in [2.75, 3.05) is 7.11 Å². The Morgan fingerprint density at radius 2 is 2.00 bits per heavy atom. The van der Waals surface area contributed by atoms with E-state index in [1.807, 2.05) is 31.2 Å². The van der Waals surface area contributed by atoms with E-state index in [9.17, 15) is 4.79 Å². The maximum Gasteiger partial charge on any atom is 0.319 e. The van der Waals surface area contributed by atoms with Crippen LogP contribution in [0.15, 0.2) is 41.4 Å². The summed E-state index contributed by atoms with van der Waals surface area (Å²) in [6.45, 7) is 1.94. The second-order valence-electron chi connectivity index (χ2n) is 5.01. The fourth-order valence-corrected chi connectivity index (χ4v) is 3.24. The number of carbonyl (C=O) groups excluding carboxylic acids is 1. The molecule has 24 heavy (non-hydrogen) atoms. The lowest BCUT2D eigenvalue weighted by Crippen LogP contribution is -2.18. The average molecular weight is 363 g/mol. The van der Waals surface area contributed by atoms with Crippen LogP contribution in [-0.2, 0) is 9.53 Å². The topological polar surface area (TPSA) is 69.4 Å². The summed E-state index contributed by atoms with van der Waals surface area (Å²) in [5.41, 5.74) is 1.50. The summed E-state index contributed by atoms with van der Waals surface area (Å²) in [6.07, 6.45) is 0.656. The van der Waals surface area contributed by atoms with Crippen LogP contribution in [0.2, 0.25) is 5.02 Å². The third-order valence-corrected chi connectivity index (χ3v) is 4.96. The van der Waals surface area contributed by atoms with Gasteiger partial charge in [0.1, 0.15) is 10.3 Å². The Hall–Kier alpha value is -2.12. The van der Waals surface area contributed by atoms with Crippen molar-refractivity contribution < 1.29 is 9.53 Å². The lowest BCUT2D eigenvalue weighted by atomic mass is 10.2. The number of rotatable bonds is 5. The highest BCUT2D eigenvalue weighted by molar-refractivity contribution is 8.00. The number of benzene rings is 1. The molecule has 0 fully saturated rings. The van der Waals surface area contributed by atoms with Crippen molar-refractivity contribution in [3.8, 4) is 11.4 Å². The zero-order valence-electron chi connectivity index (χ0n) is 13.1. The van der Waals surface area contributed by atoms with Crippen LogP contribution in [-0.4, -0.2) is 38.1 Å². The molecule has 0 radical (unpaired) electrons. The number of hydrogen-bond donors (Lipinski definition) is 0. The zero-order valence-corrected chi connectivity index (χ0v) is 14.7. The molecule has 0 aliphatic rings. The van der Waals surface area contributed by atoms with Crippen molar-refractivity contribution in [1.29, 1.82) is 0 Å². The van der Waals surface area contributed by atoms with Gasteiger partial charge < -0.3 is 4.74 Å². The first-order chi connectivity index (χ1) is 11.6. The van der Waals surface area contributed by atoms with Gasteiger partial charge in [-0.05, 0) is 42.8 Å². The molecule has 1 unspecified atom stereocenters. The lowest BCUT2D eigenvalue weighted by molar-refractivity contribution is -0.140. The van der Waals surface area contributed by atoms with Crippen molar-refractivity contribution in [3.05, 3.63) is 41.4 Å². The van der Waals surface area contributed by atoms with Crippen LogP contribution in [0.4, 0.5) is 0 Å². The summed E-state index contributed by atoms with van der Waals surface area (Å²) in [6, 6.07) is 11.0. The minimum Gasteiger partial charge on any atom is -0.468 e. The van der Waals surface area contributed by atoms with E-state index < -0.39 is 0 Å². The van der Waals surface area contributed by atoms with Crippen LogP contribution in [0, 0.1) is 0 Å². The van der Waals surface area contributed by atoms with Gasteiger partial charge in [-0.2, -0.15) is 9.61 Å². The van der Waals surface area contributed by atoms with Crippen LogP contribution in [0.3, 0.4) is 0 Å². The number of hydrogen-bond acceptors (Lipinski definition) is 6. The molecule has 2 heterocycles. The van der Waals surface area contributed by atoms with E-state index >= 15 is 0 Å². The van der Waals surface area contributed by atoms with Crippen LogP contribution < -0.4 is 0 Å². The fourth-order valence-electron chi connectivity index (χ4n) is 2.19. The molecule has 124 valence electrons. The molecule has 2 aromatic heterocycles. The smallest absolute Gasteiger partial charge is 0.319 e. The molecule has 6 nitrogen and oxygen atoms in total. The number of fused-ring (bicyclic) bond motifs is 1. The Bertz CT molecular complexity index is 866. The van der Waals surface area contributed by atoms with Gasteiger partial charge in [0.05, 0.1) is 7.11 Å². The van der Waals surface area contributed by atoms with Crippen molar-refractivity contribution >= 4 is 35.0 Å². The molecular weight excluding hydrogens is 348 g/mol. The van der Waals surface area contributed by atoms with Crippen LogP contribution in [0.5, 0.6) is 0 Å². The third-order valence-electron chi connectivity index (χ3n) is 3.44. The van der Waals surface area contributed by atoms with Crippen LogP contribution in [0.25, 0.3) is 17.0 Å². The molecule has 3 rings (SSSR count). The number of nitrogens with zero attached hydrogens (tertiary/aromatic N) is 4. The van der Waals surface area contributed by atoms with Crippen molar-refractivity contribution in [1.82, 2.24) is 19.8 Å². The van der Waals surface area contributed by atoms with Gasteiger partial charge in [-0.25, -0.2) is 0 Å². The maximum absolute atomic E-state index is 11.8. The fraction of sp³-hybridized carbons (Fsp3) is 0.250. The largest absolute Gasteiger partial charge is 0.468 e. The quantitative estimate of drug-likeness (QED) is 0.511. The number of methoxy groups -OCH3 is 1. The first kappa shape index (κ1) is 16.7. The molecule has 8 heteroatoms. The molecule has 0 N–H and O–H groups in total. The molecule has 0 saturated carbocycles. The monoisotopic (exact) mass is 362 g/mol. The second-order valence-corrected chi connectivity index (χ2v) is 6.67. The molecular formula is C16H15ClN4O2S. The van der Waals surface area contributed by atoms with Crippen molar-refractivity contribution in [3.63, 3.8) is 0 Å². The molecule has 0 aliphatic heterocycles. The Kier molecular flexibility index (Phi) is 5.01. The number of carbonyl (C=O) groups is 1. The van der Waals surface area contributed by atoms with Gasteiger partial charge in [0.25, 0.3) is 0 Å². The number of halogens is 1. The van der Waals surface area contributed by atoms with Gasteiger partial charge in [0.2, 0.25) is 0 Å². The van der Waals surface area contributed by atoms with E-state index in [0.717, 1.165) is 5.56 Å². The van der Waals surface area contributed by atoms with Gasteiger partial charge >= 0.3 is 5.97 Å². The highest BCUT2D eigenvalue weighted by Crippen LogP contribution is 2.26. The summed E-state index contributed by atoms with van der Waals surface area (Å²) < 4.78 is 6.48. The molecule has 0 amide bonds. The van der Waals surface area contributed by atoms with Crippen LogP contribution >= 0.6 is 23.4 Å². The van der Waals surface area contributed by atoms with Gasteiger partial charge in [-0.3, -0.25) is 4.79 Å². The molecule has 3 aromatic rings. The molecule has 1 aromatic carbocycles. The molecule has 1 atom stereocenters. The van der Waals surface area contributed by atoms with Gasteiger partial charge in [-0.1, -0.05) is 30.3 Å². The standard InChI is InChI=1S/C16H15ClN4O2S/c1-3-12(16(22)23-2)24-14-9-8-13-18-19-15(21(13)20-14)10-4-6-11(17)7-5-10/h4-9,12H,3H2,1-2H3. The Morgan fingerprint density at radius 3 is 2.67 bits per heavy atom. The van der Waals surface area contributed by atoms with Gasteiger partial charge in [0.15, 0.2) is 11.5 Å². The van der Waals surface area contributed by atoms with Crippen LogP contribution in [0.1, 0.15) is 13.3 Å². The van der Waals surface area contributed by atoms with Crippen molar-refractivity contribution in [2.24, 2.45) is 0 Å². The minimum absolute atomic E-state index is 0.258. The van der Waals surface area contributed by atoms with Crippen molar-refractivity contribution in [2.45, 2.75) is 23.6 Å². The highest BCUT2D eigenvalue weighted by Gasteiger charge is 2.20. The van der Waals surface area contributed by atoms with Gasteiger partial charge in [0, 0.05) is 10.6 Å². The average Bonchev–Trinajstić information content (AvgIpc) is 3.03. The predicted octanol–water partition coefficient (Wildman–Crippen LogP) is 3.49. The second kappa shape index (κ2) is 7.19. The highest BCUT2D eigenvalue weighted by atomic mass is 35.5. The normalized spacial score (nSPS) is 12.3. The van der Waals surface area contributed by atoms with E-state index in [0.29, 0.717) is 27.9 Å². The number of ether oxygens (including phenoxy) is 1.